The lowest BCUT2D eigenvalue weighted by Crippen LogP contribution is -2.52. The zero-order chi connectivity index (χ0) is 28.0. The number of carbonyl (C=O) groups excluding carboxylic acids is 2. The summed E-state index contributed by atoms with van der Waals surface area (Å²) in [6, 6.07) is 17.0. The molecule has 202 valence electrons. The van der Waals surface area contributed by atoms with Crippen molar-refractivity contribution in [1.82, 2.24) is 4.31 Å². The minimum atomic E-state index is -4.47. The monoisotopic (exact) mass is 540 g/mol. The lowest BCUT2D eigenvalue weighted by molar-refractivity contribution is -0.158. The normalized spacial score (nSPS) is 12.2. The second-order valence-electron chi connectivity index (χ2n) is 8.76. The summed E-state index contributed by atoms with van der Waals surface area (Å²) in [5, 5.41) is 0. The van der Waals surface area contributed by atoms with Gasteiger partial charge in [-0.05, 0) is 54.4 Å². The van der Waals surface area contributed by atoms with Gasteiger partial charge < -0.3 is 19.1 Å². The molecule has 1 atom stereocenters. The van der Waals surface area contributed by atoms with Crippen LogP contribution in [0.1, 0.15) is 22.7 Å². The zero-order valence-corrected chi connectivity index (χ0v) is 23.1. The molecule has 10 heteroatoms. The molecular formula is C28H32N2O7S. The maximum atomic E-state index is 14.3. The Morgan fingerprint density at radius 1 is 0.737 bits per heavy atom. The molecule has 0 aliphatic rings. The Morgan fingerprint density at radius 3 is 1.63 bits per heavy atom. The summed E-state index contributed by atoms with van der Waals surface area (Å²) in [5.41, 5.74) is 2.75. The smallest absolute Gasteiger partial charge is 0.335 e. The maximum Gasteiger partial charge on any atom is 0.335 e. The van der Waals surface area contributed by atoms with Crippen molar-refractivity contribution in [3.63, 3.8) is 0 Å². The molecule has 0 N–H and O–H groups in total. The van der Waals surface area contributed by atoms with E-state index in [-0.39, 0.29) is 4.90 Å². The number of nitrogens with zero attached hydrogens (tertiary/aromatic N) is 2. The molecule has 38 heavy (non-hydrogen) atoms. The minimum absolute atomic E-state index is 0.0932. The molecule has 0 bridgehead atoms. The van der Waals surface area contributed by atoms with E-state index in [2.05, 4.69) is 0 Å². The molecular weight excluding hydrogens is 508 g/mol. The first-order valence-electron chi connectivity index (χ1n) is 11.7. The van der Waals surface area contributed by atoms with E-state index in [4.69, 9.17) is 14.2 Å². The molecule has 3 aromatic carbocycles. The van der Waals surface area contributed by atoms with Gasteiger partial charge in [0, 0.05) is 19.8 Å². The summed E-state index contributed by atoms with van der Waals surface area (Å²) in [7, 11) is 2.98. The van der Waals surface area contributed by atoms with Crippen LogP contribution in [0.4, 0.5) is 5.69 Å². The molecule has 0 aromatic heterocycles. The highest BCUT2D eigenvalue weighted by Crippen LogP contribution is 2.37. The number of hydrogen-bond acceptors (Lipinski definition) is 8. The lowest BCUT2D eigenvalue weighted by Gasteiger charge is -2.35. The van der Waals surface area contributed by atoms with Crippen LogP contribution >= 0.6 is 0 Å². The van der Waals surface area contributed by atoms with Gasteiger partial charge in [-0.1, -0.05) is 42.0 Å². The van der Waals surface area contributed by atoms with Crippen LogP contribution in [-0.2, 0) is 29.1 Å². The highest BCUT2D eigenvalue weighted by Gasteiger charge is 2.47. The second-order valence-corrected chi connectivity index (χ2v) is 10.6. The second kappa shape index (κ2) is 12.1. The summed E-state index contributed by atoms with van der Waals surface area (Å²) in [6.07, 6.45) is 0. The zero-order valence-electron chi connectivity index (χ0n) is 22.2. The Balaban J connectivity index is 2.37. The van der Waals surface area contributed by atoms with Crippen LogP contribution in [0.3, 0.4) is 0 Å². The number of benzene rings is 3. The fraction of sp³-hybridized carbons (Fsp3) is 0.286. The van der Waals surface area contributed by atoms with Gasteiger partial charge in [0.2, 0.25) is 16.1 Å². The van der Waals surface area contributed by atoms with Crippen molar-refractivity contribution in [2.75, 3.05) is 40.3 Å². The average molecular weight is 541 g/mol. The van der Waals surface area contributed by atoms with E-state index in [1.807, 2.05) is 38.1 Å². The van der Waals surface area contributed by atoms with Crippen LogP contribution < -0.4 is 9.64 Å². The van der Waals surface area contributed by atoms with Gasteiger partial charge in [0.1, 0.15) is 5.75 Å². The van der Waals surface area contributed by atoms with E-state index >= 15 is 0 Å². The molecule has 0 aliphatic carbocycles. The quantitative estimate of drug-likeness (QED) is 0.284. The van der Waals surface area contributed by atoms with Crippen LogP contribution in [0, 0.1) is 6.92 Å². The predicted octanol–water partition coefficient (Wildman–Crippen LogP) is 3.56. The number of hydrogen-bond donors (Lipinski definition) is 0. The van der Waals surface area contributed by atoms with E-state index in [0.717, 1.165) is 29.8 Å². The molecule has 3 aromatic rings. The van der Waals surface area contributed by atoms with Crippen molar-refractivity contribution >= 4 is 27.6 Å². The van der Waals surface area contributed by atoms with Gasteiger partial charge in [-0.2, -0.15) is 4.31 Å². The summed E-state index contributed by atoms with van der Waals surface area (Å²) < 4.78 is 44.5. The van der Waals surface area contributed by atoms with Gasteiger partial charge >= 0.3 is 11.9 Å². The predicted molar refractivity (Wildman–Crippen MR) is 144 cm³/mol. The molecule has 0 aliphatic heterocycles. The molecule has 3 rings (SSSR count). The average Bonchev–Trinajstić information content (AvgIpc) is 2.92. The summed E-state index contributed by atoms with van der Waals surface area (Å²) in [5.74, 6) is -1.59. The standard InChI is InChI=1S/C28H32N2O7S/c1-19-7-17-24(18-8-19)38(33,34)30(26(27(31)36-5)28(32)37-6)25(21-11-15-23(35-4)16-12-21)20-9-13-22(14-10-20)29(2)3/h7-18,25-26H,1-6H3. The van der Waals surface area contributed by atoms with E-state index in [9.17, 15) is 18.0 Å². The molecule has 0 radical (unpaired) electrons. The SMILES string of the molecule is COC(=O)C(C(=O)OC)N(C(c1ccc(OC)cc1)c1ccc(N(C)C)cc1)S(=O)(=O)c1ccc(C)cc1. The van der Waals surface area contributed by atoms with Gasteiger partial charge in [-0.3, -0.25) is 0 Å². The lowest BCUT2D eigenvalue weighted by atomic mass is 9.97. The summed E-state index contributed by atoms with van der Waals surface area (Å²) >= 11 is 0. The number of carbonyl (C=O) groups is 2. The Hall–Kier alpha value is -3.89. The van der Waals surface area contributed by atoms with Crippen LogP contribution in [0.25, 0.3) is 0 Å². The van der Waals surface area contributed by atoms with Crippen molar-refractivity contribution in [3.05, 3.63) is 89.5 Å². The Morgan fingerprint density at radius 2 is 1.21 bits per heavy atom. The molecule has 0 heterocycles. The van der Waals surface area contributed by atoms with Crippen molar-refractivity contribution in [2.45, 2.75) is 23.9 Å². The molecule has 0 saturated heterocycles. The van der Waals surface area contributed by atoms with E-state index < -0.39 is 34.0 Å². The Kier molecular flexibility index (Phi) is 9.13. The third-order valence-electron chi connectivity index (χ3n) is 6.11. The van der Waals surface area contributed by atoms with Crippen LogP contribution in [0.5, 0.6) is 5.75 Å². The highest BCUT2D eigenvalue weighted by molar-refractivity contribution is 7.89. The third-order valence-corrected chi connectivity index (χ3v) is 7.96. The van der Waals surface area contributed by atoms with Crippen LogP contribution in [0.15, 0.2) is 77.7 Å². The highest BCUT2D eigenvalue weighted by atomic mass is 32.2. The Bertz CT molecular complexity index is 1340. The van der Waals surface area contributed by atoms with Gasteiger partial charge in [-0.25, -0.2) is 18.0 Å². The number of aryl methyl sites for hydroxylation is 1. The fourth-order valence-electron chi connectivity index (χ4n) is 4.01. The van der Waals surface area contributed by atoms with Crippen LogP contribution in [-0.4, -0.2) is 66.1 Å². The van der Waals surface area contributed by atoms with Gasteiger partial charge in [-0.15, -0.1) is 0 Å². The number of rotatable bonds is 10. The van der Waals surface area contributed by atoms with Crippen LogP contribution in [0.2, 0.25) is 0 Å². The molecule has 9 nitrogen and oxygen atoms in total. The van der Waals surface area contributed by atoms with Crippen molar-refractivity contribution in [1.29, 1.82) is 0 Å². The topological polar surface area (TPSA) is 102 Å². The van der Waals surface area contributed by atoms with Crippen molar-refractivity contribution in [2.24, 2.45) is 0 Å². The first-order valence-corrected chi connectivity index (χ1v) is 13.2. The van der Waals surface area contributed by atoms with E-state index in [1.54, 1.807) is 48.5 Å². The number of esters is 2. The molecule has 0 spiro atoms. The first-order chi connectivity index (χ1) is 18.0. The fourth-order valence-corrected chi connectivity index (χ4v) is 5.71. The Labute approximate surface area is 223 Å². The van der Waals surface area contributed by atoms with Crippen molar-refractivity contribution in [3.8, 4) is 5.75 Å². The van der Waals surface area contributed by atoms with Crippen molar-refractivity contribution < 1.29 is 32.2 Å². The number of methoxy groups -OCH3 is 3. The minimum Gasteiger partial charge on any atom is -0.497 e. The molecule has 0 saturated carbocycles. The first kappa shape index (κ1) is 28.7. The molecule has 0 fully saturated rings. The molecule has 1 unspecified atom stereocenters. The van der Waals surface area contributed by atoms with Gasteiger partial charge in [0.15, 0.2) is 0 Å². The maximum absolute atomic E-state index is 14.3. The largest absolute Gasteiger partial charge is 0.497 e. The summed E-state index contributed by atoms with van der Waals surface area (Å²) in [4.78, 5) is 27.9. The van der Waals surface area contributed by atoms with E-state index in [0.29, 0.717) is 16.9 Å². The van der Waals surface area contributed by atoms with E-state index in [1.165, 1.54) is 19.2 Å². The molecule has 0 amide bonds. The third kappa shape index (κ3) is 5.98. The van der Waals surface area contributed by atoms with Gasteiger partial charge in [0.05, 0.1) is 32.3 Å². The number of anilines is 1. The number of ether oxygens (including phenoxy) is 3. The summed E-state index contributed by atoms with van der Waals surface area (Å²) in [6.45, 7) is 1.83. The number of sulfonamides is 1. The van der Waals surface area contributed by atoms with Gasteiger partial charge in [0.25, 0.3) is 0 Å².